The molecule has 0 radical (unpaired) electrons. The second-order valence-corrected chi connectivity index (χ2v) is 6.58. The van der Waals surface area contributed by atoms with E-state index in [1.54, 1.807) is 6.07 Å². The van der Waals surface area contributed by atoms with Crippen molar-refractivity contribution in [3.8, 4) is 5.75 Å². The number of hydrogen-bond acceptors (Lipinski definition) is 3. The Morgan fingerprint density at radius 3 is 2.57 bits per heavy atom. The van der Waals surface area contributed by atoms with Crippen molar-refractivity contribution in [1.29, 1.82) is 0 Å². The van der Waals surface area contributed by atoms with Crippen LogP contribution in [-0.4, -0.2) is 37.7 Å². The molecule has 0 bridgehead atoms. The topological polar surface area (TPSA) is 24.5 Å². The summed E-state index contributed by atoms with van der Waals surface area (Å²) in [6.07, 6.45) is 3.72. The van der Waals surface area contributed by atoms with Crippen LogP contribution in [0.25, 0.3) is 0 Å². The van der Waals surface area contributed by atoms with Crippen molar-refractivity contribution < 1.29 is 9.13 Å². The maximum atomic E-state index is 14.4. The van der Waals surface area contributed by atoms with Crippen LogP contribution in [0, 0.1) is 11.7 Å². The second kappa shape index (κ2) is 8.52. The van der Waals surface area contributed by atoms with Crippen molar-refractivity contribution in [3.05, 3.63) is 28.5 Å². The molecule has 0 unspecified atom stereocenters. The van der Waals surface area contributed by atoms with Gasteiger partial charge >= 0.3 is 0 Å². The summed E-state index contributed by atoms with van der Waals surface area (Å²) in [6.45, 7) is 6.26. The van der Waals surface area contributed by atoms with E-state index >= 15 is 0 Å². The zero-order chi connectivity index (χ0) is 15.5. The summed E-state index contributed by atoms with van der Waals surface area (Å²) in [4.78, 5) is 2.48. The first kappa shape index (κ1) is 18.8. The first-order valence-electron chi connectivity index (χ1n) is 8.27. The molecule has 2 aliphatic rings. The van der Waals surface area contributed by atoms with Crippen molar-refractivity contribution in [1.82, 2.24) is 10.2 Å². The summed E-state index contributed by atoms with van der Waals surface area (Å²) in [5, 5.41) is 3.77. The highest BCUT2D eigenvalue weighted by Gasteiger charge is 2.34. The van der Waals surface area contributed by atoms with Crippen LogP contribution in [0.15, 0.2) is 12.1 Å². The average Bonchev–Trinajstić information content (AvgIpc) is 2.47. The molecule has 1 aliphatic heterocycles. The molecule has 0 amide bonds. The van der Waals surface area contributed by atoms with E-state index in [9.17, 15) is 4.39 Å². The van der Waals surface area contributed by atoms with Gasteiger partial charge in [0.05, 0.1) is 11.6 Å². The second-order valence-electron chi connectivity index (χ2n) is 6.17. The largest absolute Gasteiger partial charge is 0.489 e. The highest BCUT2D eigenvalue weighted by molar-refractivity contribution is 6.32. The van der Waals surface area contributed by atoms with Crippen LogP contribution in [0.2, 0.25) is 5.02 Å². The van der Waals surface area contributed by atoms with E-state index in [0.29, 0.717) is 17.5 Å². The molecule has 3 rings (SSSR count). The predicted octanol–water partition coefficient (Wildman–Crippen LogP) is 4.05. The molecule has 1 aromatic carbocycles. The third-order valence-electron chi connectivity index (χ3n) is 4.79. The fourth-order valence-corrected chi connectivity index (χ4v) is 3.80. The smallest absolute Gasteiger partial charge is 0.173 e. The van der Waals surface area contributed by atoms with Gasteiger partial charge in [0.15, 0.2) is 11.6 Å². The Kier molecular flexibility index (Phi) is 6.96. The van der Waals surface area contributed by atoms with Gasteiger partial charge in [-0.2, -0.15) is 0 Å². The van der Waals surface area contributed by atoms with Crippen molar-refractivity contribution in [2.75, 3.05) is 32.8 Å². The maximum Gasteiger partial charge on any atom is 0.173 e. The van der Waals surface area contributed by atoms with E-state index in [1.165, 1.54) is 19.3 Å². The number of nitrogens with zero attached hydrogens (tertiary/aromatic N) is 1. The molecule has 3 nitrogen and oxygen atoms in total. The summed E-state index contributed by atoms with van der Waals surface area (Å²) in [5.74, 6) is 0.455. The fourth-order valence-electron chi connectivity index (χ4n) is 3.53. The minimum atomic E-state index is -0.344. The van der Waals surface area contributed by atoms with E-state index in [-0.39, 0.29) is 30.0 Å². The summed E-state index contributed by atoms with van der Waals surface area (Å²) in [7, 11) is 0. The van der Waals surface area contributed by atoms with Gasteiger partial charge in [0.25, 0.3) is 0 Å². The van der Waals surface area contributed by atoms with Crippen LogP contribution in [-0.2, 0) is 0 Å². The lowest BCUT2D eigenvalue weighted by Crippen LogP contribution is -2.47. The molecule has 0 aromatic heterocycles. The SMILES string of the molecule is CCOc1c(F)cc([C@@H](C2CCC2)N2CCNCC2)cc1Cl.Cl. The Morgan fingerprint density at radius 2 is 2.04 bits per heavy atom. The van der Waals surface area contributed by atoms with Gasteiger partial charge in [-0.15, -0.1) is 12.4 Å². The van der Waals surface area contributed by atoms with Crippen LogP contribution < -0.4 is 10.1 Å². The Morgan fingerprint density at radius 1 is 1.35 bits per heavy atom. The third-order valence-corrected chi connectivity index (χ3v) is 5.07. The number of ether oxygens (including phenoxy) is 1. The Hall–Kier alpha value is -0.550. The number of benzene rings is 1. The van der Waals surface area contributed by atoms with E-state index in [4.69, 9.17) is 16.3 Å². The predicted molar refractivity (Wildman–Crippen MR) is 94.4 cm³/mol. The summed E-state index contributed by atoms with van der Waals surface area (Å²) in [6, 6.07) is 3.81. The Balaban J connectivity index is 0.00000192. The van der Waals surface area contributed by atoms with E-state index in [0.717, 1.165) is 31.7 Å². The number of piperazine rings is 1. The molecule has 2 fully saturated rings. The first-order valence-corrected chi connectivity index (χ1v) is 8.65. The minimum absolute atomic E-state index is 0. The summed E-state index contributed by atoms with van der Waals surface area (Å²) in [5.41, 5.74) is 0.998. The van der Waals surface area contributed by atoms with E-state index in [2.05, 4.69) is 10.2 Å². The van der Waals surface area contributed by atoms with Gasteiger partial charge < -0.3 is 10.1 Å². The molecule has 1 aliphatic carbocycles. The molecular formula is C17H25Cl2FN2O. The Bertz CT molecular complexity index is 496. The van der Waals surface area contributed by atoms with Crippen LogP contribution >= 0.6 is 24.0 Å². The molecule has 1 saturated carbocycles. The molecule has 23 heavy (non-hydrogen) atoms. The fraction of sp³-hybridized carbons (Fsp3) is 0.647. The van der Waals surface area contributed by atoms with Crippen LogP contribution in [0.1, 0.15) is 37.8 Å². The van der Waals surface area contributed by atoms with Crippen LogP contribution in [0.5, 0.6) is 5.75 Å². The highest BCUT2D eigenvalue weighted by Crippen LogP contribution is 2.43. The van der Waals surface area contributed by atoms with Gasteiger partial charge in [0, 0.05) is 32.2 Å². The first-order chi connectivity index (χ1) is 10.7. The molecule has 130 valence electrons. The lowest BCUT2D eigenvalue weighted by atomic mass is 9.76. The molecule has 1 aromatic rings. The van der Waals surface area contributed by atoms with E-state index < -0.39 is 0 Å². The zero-order valence-electron chi connectivity index (χ0n) is 13.5. The van der Waals surface area contributed by atoms with Gasteiger partial charge in [0.1, 0.15) is 0 Å². The van der Waals surface area contributed by atoms with Gasteiger partial charge in [-0.25, -0.2) is 4.39 Å². The van der Waals surface area contributed by atoms with Crippen molar-refractivity contribution in [2.45, 2.75) is 32.2 Å². The quantitative estimate of drug-likeness (QED) is 0.854. The number of halogens is 3. The lowest BCUT2D eigenvalue weighted by Gasteiger charge is -2.43. The van der Waals surface area contributed by atoms with E-state index in [1.807, 2.05) is 13.0 Å². The molecule has 1 atom stereocenters. The van der Waals surface area contributed by atoms with Gasteiger partial charge in [-0.05, 0) is 43.4 Å². The number of rotatable bonds is 5. The zero-order valence-corrected chi connectivity index (χ0v) is 15.1. The van der Waals surface area contributed by atoms with Crippen LogP contribution in [0.3, 0.4) is 0 Å². The number of nitrogens with one attached hydrogen (secondary N) is 1. The maximum absolute atomic E-state index is 14.4. The molecular weight excluding hydrogens is 338 g/mol. The highest BCUT2D eigenvalue weighted by atomic mass is 35.5. The standard InChI is InChI=1S/C17H24ClFN2O.ClH/c1-2-22-17-14(18)10-13(11-15(17)19)16(12-4-3-5-12)21-8-6-20-7-9-21;/h10-12,16,20H,2-9H2,1H3;1H/t16-;/m1./s1. The van der Waals surface area contributed by atoms with Gasteiger partial charge in [0.2, 0.25) is 0 Å². The van der Waals surface area contributed by atoms with Crippen molar-refractivity contribution in [3.63, 3.8) is 0 Å². The monoisotopic (exact) mass is 362 g/mol. The molecule has 1 saturated heterocycles. The lowest BCUT2D eigenvalue weighted by molar-refractivity contribution is 0.0834. The minimum Gasteiger partial charge on any atom is -0.489 e. The number of hydrogen-bond donors (Lipinski definition) is 1. The molecule has 6 heteroatoms. The van der Waals surface area contributed by atoms with Gasteiger partial charge in [-0.1, -0.05) is 18.0 Å². The normalized spacial score (nSPS) is 20.5. The molecule has 1 N–H and O–H groups in total. The average molecular weight is 363 g/mol. The molecule has 1 heterocycles. The third kappa shape index (κ3) is 4.11. The van der Waals surface area contributed by atoms with Crippen molar-refractivity contribution in [2.24, 2.45) is 5.92 Å². The van der Waals surface area contributed by atoms with Crippen LogP contribution in [0.4, 0.5) is 4.39 Å². The summed E-state index contributed by atoms with van der Waals surface area (Å²) >= 11 is 6.27. The van der Waals surface area contributed by atoms with Gasteiger partial charge in [-0.3, -0.25) is 4.90 Å². The van der Waals surface area contributed by atoms with Crippen molar-refractivity contribution >= 4 is 24.0 Å². The summed E-state index contributed by atoms with van der Waals surface area (Å²) < 4.78 is 19.7. The Labute approximate surface area is 148 Å². The molecule has 0 spiro atoms.